The van der Waals surface area contributed by atoms with E-state index in [9.17, 15) is 9.59 Å². The van der Waals surface area contributed by atoms with E-state index >= 15 is 0 Å². The summed E-state index contributed by atoms with van der Waals surface area (Å²) in [7, 11) is 0. The molecule has 0 unspecified atom stereocenters. The van der Waals surface area contributed by atoms with Crippen LogP contribution in [0.1, 0.15) is 23.3 Å². The quantitative estimate of drug-likeness (QED) is 0.838. The SMILES string of the molecule is O=C(N[C@@H]1CCCNC1=O)c1cnc2ccccc2n1. The summed E-state index contributed by atoms with van der Waals surface area (Å²) in [4.78, 5) is 32.2. The maximum absolute atomic E-state index is 12.1. The van der Waals surface area contributed by atoms with E-state index in [0.29, 0.717) is 18.5 Å². The van der Waals surface area contributed by atoms with Gasteiger partial charge in [-0.25, -0.2) is 4.98 Å². The minimum Gasteiger partial charge on any atom is -0.354 e. The van der Waals surface area contributed by atoms with Crippen molar-refractivity contribution in [2.45, 2.75) is 18.9 Å². The molecule has 1 aliphatic heterocycles. The van der Waals surface area contributed by atoms with Gasteiger partial charge >= 0.3 is 0 Å². The van der Waals surface area contributed by atoms with Gasteiger partial charge in [0.1, 0.15) is 11.7 Å². The number of fused-ring (bicyclic) bond motifs is 1. The number of hydrogen-bond donors (Lipinski definition) is 2. The van der Waals surface area contributed by atoms with Gasteiger partial charge in [0.25, 0.3) is 5.91 Å². The molecular weight excluding hydrogens is 256 g/mol. The number of para-hydroxylation sites is 2. The second kappa shape index (κ2) is 5.24. The third kappa shape index (κ3) is 2.45. The Labute approximate surface area is 115 Å². The molecule has 102 valence electrons. The number of hydrogen-bond acceptors (Lipinski definition) is 4. The number of amides is 2. The molecule has 1 aliphatic rings. The molecule has 1 fully saturated rings. The first kappa shape index (κ1) is 12.5. The van der Waals surface area contributed by atoms with E-state index in [4.69, 9.17) is 0 Å². The maximum Gasteiger partial charge on any atom is 0.272 e. The summed E-state index contributed by atoms with van der Waals surface area (Å²) in [6, 6.07) is 6.85. The zero-order chi connectivity index (χ0) is 13.9. The summed E-state index contributed by atoms with van der Waals surface area (Å²) in [5, 5.41) is 5.42. The number of benzene rings is 1. The van der Waals surface area contributed by atoms with Crippen LogP contribution in [-0.4, -0.2) is 34.4 Å². The van der Waals surface area contributed by atoms with Gasteiger partial charge in [-0.05, 0) is 25.0 Å². The lowest BCUT2D eigenvalue weighted by Crippen LogP contribution is -2.50. The molecule has 2 amide bonds. The van der Waals surface area contributed by atoms with E-state index < -0.39 is 6.04 Å². The van der Waals surface area contributed by atoms with Crippen LogP contribution in [0, 0.1) is 0 Å². The smallest absolute Gasteiger partial charge is 0.272 e. The second-order valence-electron chi connectivity index (χ2n) is 4.70. The highest BCUT2D eigenvalue weighted by Gasteiger charge is 2.24. The van der Waals surface area contributed by atoms with Crippen LogP contribution in [-0.2, 0) is 4.79 Å². The van der Waals surface area contributed by atoms with E-state index in [-0.39, 0.29) is 17.5 Å². The van der Waals surface area contributed by atoms with Gasteiger partial charge in [0, 0.05) is 6.54 Å². The standard InChI is InChI=1S/C14H14N4O2/c19-13-11(6-3-7-15-13)18-14(20)12-8-16-9-4-1-2-5-10(9)17-12/h1-2,4-5,8,11H,3,6-7H2,(H,15,19)(H,18,20)/t11-/m1/s1. The molecule has 2 heterocycles. The normalized spacial score (nSPS) is 18.6. The van der Waals surface area contributed by atoms with Crippen molar-refractivity contribution in [2.75, 3.05) is 6.54 Å². The molecule has 6 nitrogen and oxygen atoms in total. The predicted octanol–water partition coefficient (Wildman–Crippen LogP) is 0.638. The molecule has 0 bridgehead atoms. The Morgan fingerprint density at radius 3 is 2.90 bits per heavy atom. The summed E-state index contributed by atoms with van der Waals surface area (Å²) in [5.41, 5.74) is 1.62. The summed E-state index contributed by atoms with van der Waals surface area (Å²) in [6.45, 7) is 0.668. The van der Waals surface area contributed by atoms with Gasteiger partial charge in [-0.1, -0.05) is 12.1 Å². The Morgan fingerprint density at radius 1 is 1.30 bits per heavy atom. The Hall–Kier alpha value is -2.50. The molecule has 3 rings (SSSR count). The van der Waals surface area contributed by atoms with Crippen LogP contribution in [0.4, 0.5) is 0 Å². The van der Waals surface area contributed by atoms with Crippen LogP contribution in [0.5, 0.6) is 0 Å². The Kier molecular flexibility index (Phi) is 3.28. The van der Waals surface area contributed by atoms with Gasteiger partial charge < -0.3 is 10.6 Å². The summed E-state index contributed by atoms with van der Waals surface area (Å²) >= 11 is 0. The minimum absolute atomic E-state index is 0.140. The van der Waals surface area contributed by atoms with E-state index in [1.165, 1.54) is 6.20 Å². The molecule has 1 aromatic carbocycles. The van der Waals surface area contributed by atoms with Gasteiger partial charge in [0.2, 0.25) is 5.91 Å². The number of carbonyl (C=O) groups excluding carboxylic acids is 2. The average molecular weight is 270 g/mol. The van der Waals surface area contributed by atoms with Crippen LogP contribution in [0.3, 0.4) is 0 Å². The first-order chi connectivity index (χ1) is 9.74. The van der Waals surface area contributed by atoms with Crippen molar-refractivity contribution >= 4 is 22.8 Å². The van der Waals surface area contributed by atoms with Gasteiger partial charge in [-0.15, -0.1) is 0 Å². The molecule has 1 saturated heterocycles. The van der Waals surface area contributed by atoms with Crippen molar-refractivity contribution in [3.8, 4) is 0 Å². The first-order valence-electron chi connectivity index (χ1n) is 6.54. The Balaban J connectivity index is 1.79. The fourth-order valence-electron chi connectivity index (χ4n) is 2.21. The monoisotopic (exact) mass is 270 g/mol. The molecule has 6 heteroatoms. The maximum atomic E-state index is 12.1. The van der Waals surface area contributed by atoms with E-state index in [2.05, 4.69) is 20.6 Å². The zero-order valence-electron chi connectivity index (χ0n) is 10.8. The van der Waals surface area contributed by atoms with Gasteiger partial charge in [0.15, 0.2) is 0 Å². The van der Waals surface area contributed by atoms with Crippen LogP contribution in [0.2, 0.25) is 0 Å². The Morgan fingerprint density at radius 2 is 2.10 bits per heavy atom. The Bertz CT molecular complexity index is 671. The minimum atomic E-state index is -0.482. The van der Waals surface area contributed by atoms with Crippen LogP contribution in [0.15, 0.2) is 30.5 Å². The first-order valence-corrected chi connectivity index (χ1v) is 6.54. The number of nitrogens with one attached hydrogen (secondary N) is 2. The lowest BCUT2D eigenvalue weighted by molar-refractivity contribution is -0.124. The van der Waals surface area contributed by atoms with Crippen molar-refractivity contribution < 1.29 is 9.59 Å². The highest BCUT2D eigenvalue weighted by molar-refractivity contribution is 5.97. The second-order valence-corrected chi connectivity index (χ2v) is 4.70. The summed E-state index contributed by atoms with van der Waals surface area (Å²) < 4.78 is 0. The topological polar surface area (TPSA) is 84.0 Å². The summed E-state index contributed by atoms with van der Waals surface area (Å²) in [6.07, 6.45) is 2.94. The third-order valence-corrected chi connectivity index (χ3v) is 3.27. The number of nitrogens with zero attached hydrogens (tertiary/aromatic N) is 2. The highest BCUT2D eigenvalue weighted by atomic mass is 16.2. The molecular formula is C14H14N4O2. The lowest BCUT2D eigenvalue weighted by atomic mass is 10.1. The highest BCUT2D eigenvalue weighted by Crippen LogP contribution is 2.09. The summed E-state index contributed by atoms with van der Waals surface area (Å²) in [5.74, 6) is -0.511. The van der Waals surface area contributed by atoms with Crippen molar-refractivity contribution in [3.63, 3.8) is 0 Å². The zero-order valence-corrected chi connectivity index (χ0v) is 10.8. The van der Waals surface area contributed by atoms with Crippen molar-refractivity contribution in [1.82, 2.24) is 20.6 Å². The molecule has 0 saturated carbocycles. The van der Waals surface area contributed by atoms with Crippen LogP contribution >= 0.6 is 0 Å². The molecule has 1 aromatic heterocycles. The molecule has 20 heavy (non-hydrogen) atoms. The largest absolute Gasteiger partial charge is 0.354 e. The molecule has 0 spiro atoms. The average Bonchev–Trinajstić information content (AvgIpc) is 2.49. The van der Waals surface area contributed by atoms with Crippen molar-refractivity contribution in [2.24, 2.45) is 0 Å². The number of carbonyl (C=O) groups is 2. The number of rotatable bonds is 2. The van der Waals surface area contributed by atoms with E-state index in [1.54, 1.807) is 6.07 Å². The van der Waals surface area contributed by atoms with Gasteiger partial charge in [0.05, 0.1) is 17.2 Å². The molecule has 0 radical (unpaired) electrons. The molecule has 2 aromatic rings. The molecule has 1 atom stereocenters. The fourth-order valence-corrected chi connectivity index (χ4v) is 2.21. The number of aromatic nitrogens is 2. The molecule has 0 aliphatic carbocycles. The fraction of sp³-hybridized carbons (Fsp3) is 0.286. The third-order valence-electron chi connectivity index (χ3n) is 3.27. The van der Waals surface area contributed by atoms with Crippen LogP contribution < -0.4 is 10.6 Å². The van der Waals surface area contributed by atoms with Crippen molar-refractivity contribution in [1.29, 1.82) is 0 Å². The predicted molar refractivity (Wildman–Crippen MR) is 73.0 cm³/mol. The van der Waals surface area contributed by atoms with E-state index in [1.807, 2.05) is 18.2 Å². The van der Waals surface area contributed by atoms with Crippen LogP contribution in [0.25, 0.3) is 11.0 Å². The van der Waals surface area contributed by atoms with Crippen molar-refractivity contribution in [3.05, 3.63) is 36.2 Å². The molecule has 2 N–H and O–H groups in total. The lowest BCUT2D eigenvalue weighted by Gasteiger charge is -2.22. The van der Waals surface area contributed by atoms with E-state index in [0.717, 1.165) is 11.9 Å². The number of piperidine rings is 1. The van der Waals surface area contributed by atoms with Gasteiger partial charge in [-0.2, -0.15) is 0 Å². The van der Waals surface area contributed by atoms with Gasteiger partial charge in [-0.3, -0.25) is 14.6 Å².